The highest BCUT2D eigenvalue weighted by molar-refractivity contribution is 7.18. The largest absolute Gasteiger partial charge is 0.321 e. The SMILES string of the molecule is CC(C)c1ccc(NC(=O)C[NH+]2CCC[C@H]2c2nc3ccccc3s2)cc1. The molecule has 1 unspecified atom stereocenters. The second-order valence-corrected chi connectivity index (χ2v) is 8.69. The lowest BCUT2D eigenvalue weighted by Gasteiger charge is -2.19. The zero-order valence-corrected chi connectivity index (χ0v) is 16.7. The van der Waals surface area contributed by atoms with Crippen LogP contribution in [0.2, 0.25) is 0 Å². The number of rotatable bonds is 5. The van der Waals surface area contributed by atoms with Gasteiger partial charge in [0.05, 0.1) is 16.8 Å². The van der Waals surface area contributed by atoms with E-state index in [-0.39, 0.29) is 5.91 Å². The van der Waals surface area contributed by atoms with E-state index in [9.17, 15) is 4.79 Å². The first-order valence-corrected chi connectivity index (χ1v) is 10.5. The van der Waals surface area contributed by atoms with Crippen molar-refractivity contribution >= 4 is 33.1 Å². The van der Waals surface area contributed by atoms with Crippen LogP contribution in [-0.4, -0.2) is 24.0 Å². The fourth-order valence-corrected chi connectivity index (χ4v) is 4.98. The van der Waals surface area contributed by atoms with Gasteiger partial charge in [-0.05, 0) is 35.7 Å². The number of carbonyl (C=O) groups excluding carboxylic acids is 1. The van der Waals surface area contributed by atoms with Gasteiger partial charge in [0.15, 0.2) is 11.6 Å². The van der Waals surface area contributed by atoms with E-state index >= 15 is 0 Å². The van der Waals surface area contributed by atoms with Gasteiger partial charge in [0.25, 0.3) is 5.91 Å². The highest BCUT2D eigenvalue weighted by Gasteiger charge is 2.34. The third kappa shape index (κ3) is 4.04. The third-order valence-corrected chi connectivity index (χ3v) is 6.49. The van der Waals surface area contributed by atoms with Crippen LogP contribution in [0.25, 0.3) is 10.2 Å². The number of benzene rings is 2. The van der Waals surface area contributed by atoms with Gasteiger partial charge in [-0.15, -0.1) is 11.3 Å². The van der Waals surface area contributed by atoms with Gasteiger partial charge in [-0.1, -0.05) is 38.1 Å². The van der Waals surface area contributed by atoms with Gasteiger partial charge in [0.2, 0.25) is 0 Å². The number of aromatic nitrogens is 1. The first kappa shape index (κ1) is 18.1. The molecule has 1 amide bonds. The van der Waals surface area contributed by atoms with Crippen LogP contribution < -0.4 is 10.2 Å². The Morgan fingerprint density at radius 2 is 2.00 bits per heavy atom. The molecule has 1 aliphatic heterocycles. The molecule has 2 N–H and O–H groups in total. The van der Waals surface area contributed by atoms with Gasteiger partial charge < -0.3 is 10.2 Å². The lowest BCUT2D eigenvalue weighted by atomic mass is 10.0. The first-order valence-electron chi connectivity index (χ1n) is 9.70. The molecule has 2 atom stereocenters. The maximum Gasteiger partial charge on any atom is 0.279 e. The quantitative estimate of drug-likeness (QED) is 0.708. The van der Waals surface area contributed by atoms with Crippen LogP contribution in [0.4, 0.5) is 5.69 Å². The van der Waals surface area contributed by atoms with Crippen molar-refractivity contribution in [2.24, 2.45) is 0 Å². The van der Waals surface area contributed by atoms with E-state index in [1.165, 1.54) is 15.2 Å². The summed E-state index contributed by atoms with van der Waals surface area (Å²) < 4.78 is 1.23. The van der Waals surface area contributed by atoms with E-state index in [0.717, 1.165) is 35.6 Å². The molecule has 2 aromatic carbocycles. The number of hydrogen-bond donors (Lipinski definition) is 2. The van der Waals surface area contributed by atoms with Crippen molar-refractivity contribution in [1.29, 1.82) is 0 Å². The molecule has 140 valence electrons. The second-order valence-electron chi connectivity index (χ2n) is 7.62. The summed E-state index contributed by atoms with van der Waals surface area (Å²) in [5, 5.41) is 4.22. The van der Waals surface area contributed by atoms with Crippen molar-refractivity contribution in [2.45, 2.75) is 38.6 Å². The Kier molecular flexibility index (Phi) is 5.23. The van der Waals surface area contributed by atoms with E-state index in [0.29, 0.717) is 18.5 Å². The molecule has 4 nitrogen and oxygen atoms in total. The average molecular weight is 381 g/mol. The summed E-state index contributed by atoms with van der Waals surface area (Å²) in [7, 11) is 0. The smallest absolute Gasteiger partial charge is 0.279 e. The van der Waals surface area contributed by atoms with Gasteiger partial charge in [0, 0.05) is 18.5 Å². The normalized spacial score (nSPS) is 19.7. The summed E-state index contributed by atoms with van der Waals surface area (Å²) >= 11 is 1.77. The van der Waals surface area contributed by atoms with Crippen molar-refractivity contribution in [2.75, 3.05) is 18.4 Å². The van der Waals surface area contributed by atoms with Crippen molar-refractivity contribution in [3.05, 3.63) is 59.1 Å². The average Bonchev–Trinajstić information content (AvgIpc) is 3.28. The molecule has 0 spiro atoms. The number of carbonyl (C=O) groups is 1. The molecule has 1 saturated heterocycles. The molecule has 1 aliphatic rings. The molecular weight excluding hydrogens is 354 g/mol. The zero-order chi connectivity index (χ0) is 18.8. The Labute approximate surface area is 164 Å². The zero-order valence-electron chi connectivity index (χ0n) is 15.9. The predicted molar refractivity (Wildman–Crippen MR) is 111 cm³/mol. The Morgan fingerprint density at radius 1 is 1.22 bits per heavy atom. The monoisotopic (exact) mass is 380 g/mol. The van der Waals surface area contributed by atoms with E-state index in [4.69, 9.17) is 4.98 Å². The lowest BCUT2D eigenvalue weighted by Crippen LogP contribution is -3.11. The summed E-state index contributed by atoms with van der Waals surface area (Å²) in [6.07, 6.45) is 2.25. The minimum Gasteiger partial charge on any atom is -0.321 e. The standard InChI is InChI=1S/C22H25N3OS/c1-15(2)16-9-11-17(12-10-16)23-21(26)14-25-13-5-7-19(25)22-24-18-6-3-4-8-20(18)27-22/h3-4,6,8-12,15,19H,5,7,13-14H2,1-2H3,(H,23,26)/p+1/t19-/m0/s1. The highest BCUT2D eigenvalue weighted by atomic mass is 32.1. The first-order chi connectivity index (χ1) is 13.1. The van der Waals surface area contributed by atoms with E-state index in [1.54, 1.807) is 11.3 Å². The number of hydrogen-bond acceptors (Lipinski definition) is 3. The molecule has 0 radical (unpaired) electrons. The van der Waals surface area contributed by atoms with Gasteiger partial charge in [-0.3, -0.25) is 4.79 Å². The van der Waals surface area contributed by atoms with E-state index < -0.39 is 0 Å². The van der Waals surface area contributed by atoms with Crippen LogP contribution >= 0.6 is 11.3 Å². The van der Waals surface area contributed by atoms with Crippen LogP contribution in [0.15, 0.2) is 48.5 Å². The summed E-state index contributed by atoms with van der Waals surface area (Å²) in [6, 6.07) is 16.8. The molecule has 0 saturated carbocycles. The van der Waals surface area contributed by atoms with Crippen LogP contribution in [-0.2, 0) is 4.79 Å². The number of nitrogens with zero attached hydrogens (tertiary/aromatic N) is 1. The number of anilines is 1. The molecule has 4 rings (SSSR count). The molecule has 0 aliphatic carbocycles. The Bertz CT molecular complexity index is 899. The van der Waals surface area contributed by atoms with E-state index in [2.05, 4.69) is 49.5 Å². The number of likely N-dealkylation sites (tertiary alicyclic amines) is 1. The van der Waals surface area contributed by atoms with E-state index in [1.807, 2.05) is 18.2 Å². The molecule has 5 heteroatoms. The fourth-order valence-electron chi connectivity index (χ4n) is 3.82. The number of fused-ring (bicyclic) bond motifs is 1. The van der Waals surface area contributed by atoms with Crippen LogP contribution in [0.5, 0.6) is 0 Å². The van der Waals surface area contributed by atoms with Gasteiger partial charge >= 0.3 is 0 Å². The summed E-state index contributed by atoms with van der Waals surface area (Å²) in [4.78, 5) is 18.7. The molecule has 2 heterocycles. The van der Waals surface area contributed by atoms with Gasteiger partial charge in [-0.25, -0.2) is 4.98 Å². The minimum atomic E-state index is 0.0790. The molecule has 1 aromatic heterocycles. The summed E-state index contributed by atoms with van der Waals surface area (Å²) in [5.74, 6) is 0.577. The minimum absolute atomic E-state index is 0.0790. The Balaban J connectivity index is 1.42. The Morgan fingerprint density at radius 3 is 2.74 bits per heavy atom. The van der Waals surface area contributed by atoms with Crippen molar-refractivity contribution in [3.63, 3.8) is 0 Å². The maximum atomic E-state index is 12.6. The lowest BCUT2D eigenvalue weighted by molar-refractivity contribution is -0.910. The van der Waals surface area contributed by atoms with Crippen LogP contribution in [0, 0.1) is 0 Å². The predicted octanol–water partition coefficient (Wildman–Crippen LogP) is 3.78. The molecule has 3 aromatic rings. The fraction of sp³-hybridized carbons (Fsp3) is 0.364. The van der Waals surface area contributed by atoms with Crippen molar-refractivity contribution in [3.8, 4) is 0 Å². The van der Waals surface area contributed by atoms with Gasteiger partial charge in [-0.2, -0.15) is 0 Å². The molecule has 0 bridgehead atoms. The topological polar surface area (TPSA) is 46.4 Å². The number of para-hydroxylation sites is 1. The highest BCUT2D eigenvalue weighted by Crippen LogP contribution is 2.28. The second kappa shape index (κ2) is 7.79. The van der Waals surface area contributed by atoms with Crippen molar-refractivity contribution < 1.29 is 9.69 Å². The van der Waals surface area contributed by atoms with Crippen molar-refractivity contribution in [1.82, 2.24) is 4.98 Å². The molecule has 27 heavy (non-hydrogen) atoms. The van der Waals surface area contributed by atoms with Gasteiger partial charge in [0.1, 0.15) is 6.04 Å². The number of nitrogens with one attached hydrogen (secondary N) is 2. The number of thiazole rings is 1. The summed E-state index contributed by atoms with van der Waals surface area (Å²) in [6.45, 7) is 5.87. The number of amides is 1. The maximum absolute atomic E-state index is 12.6. The molecule has 1 fully saturated rings. The molecular formula is C22H26N3OS+. The third-order valence-electron chi connectivity index (χ3n) is 5.34. The van der Waals surface area contributed by atoms with Crippen LogP contribution in [0.1, 0.15) is 49.2 Å². The number of quaternary nitrogens is 1. The Hall–Kier alpha value is -2.24. The summed E-state index contributed by atoms with van der Waals surface area (Å²) in [5.41, 5.74) is 3.23. The van der Waals surface area contributed by atoms with Crippen LogP contribution in [0.3, 0.4) is 0 Å².